The number of sulfone groups is 1. The third-order valence-corrected chi connectivity index (χ3v) is 5.99. The largest absolute Gasteiger partial charge is 0.344 e. The molecule has 1 aromatic rings. The van der Waals surface area contributed by atoms with Gasteiger partial charge in [-0.3, -0.25) is 0 Å². The van der Waals surface area contributed by atoms with Gasteiger partial charge in [-0.25, -0.2) is 12.8 Å². The van der Waals surface area contributed by atoms with E-state index in [-0.39, 0.29) is 4.90 Å². The molecular weight excluding hydrogens is 401 g/mol. The molecule has 0 saturated carbocycles. The van der Waals surface area contributed by atoms with Crippen molar-refractivity contribution in [2.45, 2.75) is 20.7 Å². The second-order valence-electron chi connectivity index (χ2n) is 3.58. The quantitative estimate of drug-likeness (QED) is 0.691. The summed E-state index contributed by atoms with van der Waals surface area (Å²) in [7, 11) is -3.78. The number of hydrogen-bond acceptors (Lipinski definition) is 2. The van der Waals surface area contributed by atoms with Crippen molar-refractivity contribution < 1.29 is 21.6 Å². The summed E-state index contributed by atoms with van der Waals surface area (Å²) in [6.45, 7) is 0. The standard InChI is InChI=1S/C10H9Br2F3O2S/c11-9(13,10(12,14)15)6-7-18(16,17)8-4-2-1-3-5-8/h1-5H,6-7H2. The van der Waals surface area contributed by atoms with Crippen molar-refractivity contribution >= 4 is 41.7 Å². The highest BCUT2D eigenvalue weighted by molar-refractivity contribution is 9.12. The molecule has 0 aliphatic rings. The average molecular weight is 410 g/mol. The van der Waals surface area contributed by atoms with Crippen molar-refractivity contribution in [3.05, 3.63) is 30.3 Å². The summed E-state index contributed by atoms with van der Waals surface area (Å²) in [6.07, 6.45) is -0.873. The van der Waals surface area contributed by atoms with Crippen LogP contribution in [0, 0.1) is 0 Å². The number of halogens is 5. The lowest BCUT2D eigenvalue weighted by Gasteiger charge is -2.23. The van der Waals surface area contributed by atoms with E-state index in [1.165, 1.54) is 24.3 Å². The van der Waals surface area contributed by atoms with Gasteiger partial charge >= 0.3 is 4.83 Å². The fraction of sp³-hybridized carbons (Fsp3) is 0.400. The lowest BCUT2D eigenvalue weighted by molar-refractivity contribution is 0.00344. The van der Waals surface area contributed by atoms with E-state index in [2.05, 4.69) is 15.9 Å². The fourth-order valence-electron chi connectivity index (χ4n) is 1.15. The first-order valence-electron chi connectivity index (χ1n) is 4.79. The summed E-state index contributed by atoms with van der Waals surface area (Å²) in [5.41, 5.74) is 0. The normalized spacial score (nSPS) is 16.3. The van der Waals surface area contributed by atoms with E-state index in [4.69, 9.17) is 0 Å². The third kappa shape index (κ3) is 3.96. The van der Waals surface area contributed by atoms with E-state index < -0.39 is 31.4 Å². The molecule has 0 heterocycles. The van der Waals surface area contributed by atoms with Crippen LogP contribution >= 0.6 is 31.9 Å². The minimum atomic E-state index is -3.84. The lowest BCUT2D eigenvalue weighted by atomic mass is 10.3. The van der Waals surface area contributed by atoms with Crippen molar-refractivity contribution in [3.63, 3.8) is 0 Å². The summed E-state index contributed by atoms with van der Waals surface area (Å²) in [6, 6.07) is 7.28. The van der Waals surface area contributed by atoms with E-state index in [0.717, 1.165) is 0 Å². The predicted octanol–water partition coefficient (Wildman–Crippen LogP) is 3.90. The van der Waals surface area contributed by atoms with Gasteiger partial charge in [0.05, 0.1) is 10.6 Å². The van der Waals surface area contributed by atoms with Crippen LogP contribution in [0.15, 0.2) is 35.2 Å². The van der Waals surface area contributed by atoms with E-state index >= 15 is 0 Å². The van der Waals surface area contributed by atoms with E-state index in [0.29, 0.717) is 0 Å². The Bertz CT molecular complexity index is 498. The van der Waals surface area contributed by atoms with Crippen LogP contribution in [0.5, 0.6) is 0 Å². The lowest BCUT2D eigenvalue weighted by Crippen LogP contribution is -2.35. The van der Waals surface area contributed by atoms with Crippen LogP contribution in [0.1, 0.15) is 6.42 Å². The average Bonchev–Trinajstić information content (AvgIpc) is 2.26. The van der Waals surface area contributed by atoms with Gasteiger partial charge in [-0.2, -0.15) is 8.78 Å². The smallest absolute Gasteiger partial charge is 0.224 e. The second-order valence-corrected chi connectivity index (χ2v) is 7.95. The summed E-state index contributed by atoms with van der Waals surface area (Å²) in [4.78, 5) is -3.86. The van der Waals surface area contributed by atoms with Crippen molar-refractivity contribution in [2.75, 3.05) is 5.75 Å². The molecular formula is C10H9Br2F3O2S. The molecule has 2 nitrogen and oxygen atoms in total. The van der Waals surface area contributed by atoms with Crippen molar-refractivity contribution in [2.24, 2.45) is 0 Å². The minimum Gasteiger partial charge on any atom is -0.224 e. The van der Waals surface area contributed by atoms with Gasteiger partial charge in [0.2, 0.25) is 4.58 Å². The Labute approximate surface area is 120 Å². The fourth-order valence-corrected chi connectivity index (χ4v) is 3.17. The first-order valence-corrected chi connectivity index (χ1v) is 8.02. The van der Waals surface area contributed by atoms with Gasteiger partial charge in [-0.15, -0.1) is 0 Å². The first kappa shape index (κ1) is 16.0. The van der Waals surface area contributed by atoms with Crippen LogP contribution < -0.4 is 0 Å². The minimum absolute atomic E-state index is 0.0220. The Morgan fingerprint density at radius 3 is 2.00 bits per heavy atom. The summed E-state index contributed by atoms with van der Waals surface area (Å²) in [5.74, 6) is -0.722. The van der Waals surface area contributed by atoms with E-state index in [9.17, 15) is 21.6 Å². The number of alkyl halides is 5. The maximum absolute atomic E-state index is 13.5. The zero-order valence-corrected chi connectivity index (χ0v) is 12.9. The number of benzene rings is 1. The van der Waals surface area contributed by atoms with E-state index in [1.54, 1.807) is 6.07 Å². The molecule has 102 valence electrons. The van der Waals surface area contributed by atoms with Gasteiger partial charge in [0.1, 0.15) is 0 Å². The Balaban J connectivity index is 2.82. The number of hydrogen-bond donors (Lipinski definition) is 0. The maximum Gasteiger partial charge on any atom is 0.344 e. The molecule has 0 aromatic heterocycles. The Morgan fingerprint density at radius 2 is 1.56 bits per heavy atom. The molecule has 0 aliphatic carbocycles. The molecule has 0 bridgehead atoms. The predicted molar refractivity (Wildman–Crippen MR) is 69.8 cm³/mol. The highest BCUT2D eigenvalue weighted by Gasteiger charge is 2.51. The van der Waals surface area contributed by atoms with Gasteiger partial charge in [0.25, 0.3) is 0 Å². The van der Waals surface area contributed by atoms with Gasteiger partial charge in [-0.05, 0) is 44.0 Å². The van der Waals surface area contributed by atoms with Crippen molar-refractivity contribution in [3.8, 4) is 0 Å². The Hall–Kier alpha value is -0.0800. The summed E-state index contributed by atoms with van der Waals surface area (Å²) < 4.78 is 59.5. The molecule has 1 unspecified atom stereocenters. The topological polar surface area (TPSA) is 34.1 Å². The zero-order chi connectivity index (χ0) is 14.0. The molecule has 8 heteroatoms. The summed E-state index contributed by atoms with van der Waals surface area (Å²) >= 11 is 4.07. The first-order chi connectivity index (χ1) is 8.06. The molecule has 18 heavy (non-hydrogen) atoms. The second kappa shape index (κ2) is 5.50. The van der Waals surface area contributed by atoms with Crippen LogP contribution in [0.25, 0.3) is 0 Å². The van der Waals surface area contributed by atoms with Gasteiger partial charge in [-0.1, -0.05) is 18.2 Å². The molecule has 0 saturated heterocycles. The molecule has 0 amide bonds. The van der Waals surface area contributed by atoms with Crippen LogP contribution in [-0.2, 0) is 9.84 Å². The molecule has 1 atom stereocenters. The molecule has 0 spiro atoms. The molecule has 0 radical (unpaired) electrons. The van der Waals surface area contributed by atoms with Crippen molar-refractivity contribution in [1.29, 1.82) is 0 Å². The molecule has 0 aliphatic heterocycles. The maximum atomic E-state index is 13.5. The number of rotatable bonds is 5. The highest BCUT2D eigenvalue weighted by atomic mass is 79.9. The van der Waals surface area contributed by atoms with Crippen LogP contribution in [-0.4, -0.2) is 23.6 Å². The van der Waals surface area contributed by atoms with Crippen LogP contribution in [0.3, 0.4) is 0 Å². The Morgan fingerprint density at radius 1 is 1.06 bits per heavy atom. The molecule has 0 fully saturated rings. The van der Waals surface area contributed by atoms with Gasteiger partial charge in [0.15, 0.2) is 9.84 Å². The SMILES string of the molecule is O=S(=O)(CCC(F)(Br)C(F)(F)Br)c1ccccc1. The van der Waals surface area contributed by atoms with Crippen LogP contribution in [0.2, 0.25) is 0 Å². The molecule has 0 N–H and O–H groups in total. The van der Waals surface area contributed by atoms with Gasteiger partial charge in [0, 0.05) is 6.42 Å². The molecule has 1 rings (SSSR count). The third-order valence-electron chi connectivity index (χ3n) is 2.20. The highest BCUT2D eigenvalue weighted by Crippen LogP contribution is 2.45. The Kier molecular flexibility index (Phi) is 4.88. The monoisotopic (exact) mass is 408 g/mol. The van der Waals surface area contributed by atoms with Crippen LogP contribution in [0.4, 0.5) is 13.2 Å². The summed E-state index contributed by atoms with van der Waals surface area (Å²) in [5, 5.41) is 0. The van der Waals surface area contributed by atoms with Gasteiger partial charge < -0.3 is 0 Å². The van der Waals surface area contributed by atoms with Crippen molar-refractivity contribution in [1.82, 2.24) is 0 Å². The van der Waals surface area contributed by atoms with E-state index in [1.807, 2.05) is 15.9 Å². The molecule has 1 aromatic carbocycles. The zero-order valence-electron chi connectivity index (χ0n) is 8.92.